The number of halogens is 1. The fourth-order valence-electron chi connectivity index (χ4n) is 3.68. The first-order valence-electron chi connectivity index (χ1n) is 9.42. The average molecular weight is 449 g/mol. The molecule has 2 aromatic heterocycles. The molecule has 2 heterocycles. The van der Waals surface area contributed by atoms with Gasteiger partial charge in [-0.15, -0.1) is 11.3 Å². The molecule has 1 aliphatic carbocycles. The van der Waals surface area contributed by atoms with E-state index in [4.69, 9.17) is 21.3 Å². The summed E-state index contributed by atoms with van der Waals surface area (Å²) in [5.74, 6) is 1.40. The number of carbonyl (C=O) groups is 1. The van der Waals surface area contributed by atoms with Gasteiger partial charge in [0.1, 0.15) is 16.4 Å². The van der Waals surface area contributed by atoms with E-state index in [1.54, 1.807) is 41.2 Å². The zero-order chi connectivity index (χ0) is 20.7. The van der Waals surface area contributed by atoms with E-state index in [0.29, 0.717) is 32.9 Å². The maximum atomic E-state index is 13.7. The fraction of sp³-hybridized carbons (Fsp3) is 0.381. The number of fused-ring (bicyclic) bond motifs is 3. The third-order valence-electron chi connectivity index (χ3n) is 5.08. The number of thiophene rings is 1. The van der Waals surface area contributed by atoms with Gasteiger partial charge in [0.05, 0.1) is 23.9 Å². The maximum absolute atomic E-state index is 13.7. The highest BCUT2D eigenvalue weighted by molar-refractivity contribution is 7.99. The number of aromatic nitrogens is 2. The zero-order valence-corrected chi connectivity index (χ0v) is 18.8. The van der Waals surface area contributed by atoms with Crippen LogP contribution in [0.15, 0.2) is 28.2 Å². The maximum Gasteiger partial charge on any atom is 0.267 e. The Kier molecular flexibility index (Phi) is 5.73. The highest BCUT2D eigenvalue weighted by Gasteiger charge is 2.26. The first-order valence-corrected chi connectivity index (χ1v) is 11.6. The van der Waals surface area contributed by atoms with E-state index >= 15 is 0 Å². The highest BCUT2D eigenvalue weighted by Crippen LogP contribution is 2.37. The lowest BCUT2D eigenvalue weighted by molar-refractivity contribution is -0.114. The molecule has 1 aliphatic rings. The van der Waals surface area contributed by atoms with Gasteiger partial charge in [-0.3, -0.25) is 14.2 Å². The van der Waals surface area contributed by atoms with Crippen LogP contribution >= 0.6 is 34.7 Å². The topological polar surface area (TPSA) is 61.2 Å². The Morgan fingerprint density at radius 1 is 1.45 bits per heavy atom. The molecule has 0 fully saturated rings. The smallest absolute Gasteiger partial charge is 0.267 e. The van der Waals surface area contributed by atoms with E-state index in [-0.39, 0.29) is 17.1 Å². The van der Waals surface area contributed by atoms with Crippen molar-refractivity contribution in [2.45, 2.75) is 38.3 Å². The van der Waals surface area contributed by atoms with Crippen molar-refractivity contribution in [1.82, 2.24) is 9.55 Å². The van der Waals surface area contributed by atoms with Crippen molar-refractivity contribution >= 4 is 50.7 Å². The van der Waals surface area contributed by atoms with Gasteiger partial charge >= 0.3 is 0 Å². The Morgan fingerprint density at radius 3 is 2.97 bits per heavy atom. The second kappa shape index (κ2) is 8.13. The summed E-state index contributed by atoms with van der Waals surface area (Å²) in [6.45, 7) is 3.77. The van der Waals surface area contributed by atoms with Gasteiger partial charge in [-0.25, -0.2) is 4.98 Å². The van der Waals surface area contributed by atoms with Crippen LogP contribution in [0.4, 0.5) is 0 Å². The number of carbonyl (C=O) groups excluding carboxylic acids is 1. The number of ketones is 1. The van der Waals surface area contributed by atoms with Crippen LogP contribution in [0.5, 0.6) is 5.75 Å². The van der Waals surface area contributed by atoms with E-state index in [2.05, 4.69) is 6.92 Å². The van der Waals surface area contributed by atoms with E-state index in [1.807, 2.05) is 0 Å². The summed E-state index contributed by atoms with van der Waals surface area (Å²) in [5, 5.41) is 1.66. The number of hydrogen-bond donors (Lipinski definition) is 0. The second-order valence-electron chi connectivity index (χ2n) is 7.37. The van der Waals surface area contributed by atoms with Crippen LogP contribution in [0.3, 0.4) is 0 Å². The van der Waals surface area contributed by atoms with Crippen LogP contribution in [0.2, 0.25) is 5.02 Å². The molecular formula is C21H21ClN2O3S2. The number of nitrogens with zero attached hydrogens (tertiary/aromatic N) is 2. The summed E-state index contributed by atoms with van der Waals surface area (Å²) >= 11 is 9.10. The molecule has 0 saturated heterocycles. The Labute approximate surface area is 182 Å². The molecular weight excluding hydrogens is 428 g/mol. The lowest BCUT2D eigenvalue weighted by Gasteiger charge is -2.18. The molecule has 4 rings (SSSR count). The van der Waals surface area contributed by atoms with Crippen LogP contribution in [0.1, 0.15) is 30.7 Å². The molecule has 1 atom stereocenters. The summed E-state index contributed by atoms with van der Waals surface area (Å²) in [6.07, 6.45) is 2.94. The standard InChI is InChI=1S/C21H21ClN2O3S2/c1-11-4-6-14-17(8-11)29-19-18(14)20(26)24(21(23-19)28-10-12(2)25)15-9-13(22)5-7-16(15)27-3/h5,7,9,11H,4,6,8,10H2,1-3H3. The molecule has 0 amide bonds. The summed E-state index contributed by atoms with van der Waals surface area (Å²) in [7, 11) is 1.56. The van der Waals surface area contributed by atoms with Crippen molar-refractivity contribution < 1.29 is 9.53 Å². The average Bonchev–Trinajstić information content (AvgIpc) is 3.03. The molecule has 5 nitrogen and oxygen atoms in total. The molecule has 1 aromatic carbocycles. The van der Waals surface area contributed by atoms with Crippen LogP contribution in [-0.2, 0) is 17.6 Å². The number of thioether (sulfide) groups is 1. The SMILES string of the molecule is COc1ccc(Cl)cc1-n1c(SCC(C)=O)nc2sc3c(c2c1=O)CCC(C)C3. The van der Waals surface area contributed by atoms with Gasteiger partial charge < -0.3 is 4.74 Å². The number of benzene rings is 1. The summed E-state index contributed by atoms with van der Waals surface area (Å²) in [4.78, 5) is 32.1. The van der Waals surface area contributed by atoms with Gasteiger partial charge in [0.2, 0.25) is 0 Å². The summed E-state index contributed by atoms with van der Waals surface area (Å²) in [5.41, 5.74) is 1.53. The molecule has 0 radical (unpaired) electrons. The molecule has 3 aromatic rings. The van der Waals surface area contributed by atoms with Crippen molar-refractivity contribution in [3.05, 3.63) is 44.0 Å². The Bertz CT molecular complexity index is 1170. The van der Waals surface area contributed by atoms with E-state index in [0.717, 1.165) is 29.7 Å². The lowest BCUT2D eigenvalue weighted by Crippen LogP contribution is -2.23. The van der Waals surface area contributed by atoms with Gasteiger partial charge in [-0.1, -0.05) is 30.3 Å². The molecule has 29 heavy (non-hydrogen) atoms. The number of methoxy groups -OCH3 is 1. The number of hydrogen-bond acceptors (Lipinski definition) is 6. The van der Waals surface area contributed by atoms with Crippen molar-refractivity contribution in [2.24, 2.45) is 5.92 Å². The Balaban J connectivity index is 2.02. The van der Waals surface area contributed by atoms with Gasteiger partial charge in [0.15, 0.2) is 5.16 Å². The minimum Gasteiger partial charge on any atom is -0.495 e. The Hall–Kier alpha value is -1.83. The summed E-state index contributed by atoms with van der Waals surface area (Å²) < 4.78 is 7.04. The number of ether oxygens (including phenoxy) is 1. The largest absolute Gasteiger partial charge is 0.495 e. The first kappa shape index (κ1) is 20.4. The lowest BCUT2D eigenvalue weighted by atomic mass is 9.89. The van der Waals surface area contributed by atoms with Gasteiger partial charge in [0, 0.05) is 9.90 Å². The van der Waals surface area contributed by atoms with Crippen LogP contribution in [0.25, 0.3) is 15.9 Å². The van der Waals surface area contributed by atoms with E-state index < -0.39 is 0 Å². The number of aryl methyl sites for hydroxylation is 1. The quantitative estimate of drug-likeness (QED) is 0.409. The molecule has 0 N–H and O–H groups in total. The molecule has 0 bridgehead atoms. The van der Waals surface area contributed by atoms with Crippen molar-refractivity contribution in [2.75, 3.05) is 12.9 Å². The predicted molar refractivity (Wildman–Crippen MR) is 119 cm³/mol. The predicted octanol–water partition coefficient (Wildman–Crippen LogP) is 4.92. The molecule has 1 unspecified atom stereocenters. The third-order valence-corrected chi connectivity index (χ3v) is 7.55. The van der Waals surface area contributed by atoms with Gasteiger partial charge in [-0.05, 0) is 55.9 Å². The van der Waals surface area contributed by atoms with Crippen molar-refractivity contribution in [3.63, 3.8) is 0 Å². The second-order valence-corrected chi connectivity index (χ2v) is 9.84. The number of rotatable bonds is 5. The fourth-order valence-corrected chi connectivity index (χ4v) is 6.08. The molecule has 0 saturated carbocycles. The summed E-state index contributed by atoms with van der Waals surface area (Å²) in [6, 6.07) is 5.16. The van der Waals surface area contributed by atoms with E-state index in [1.165, 1.54) is 23.6 Å². The molecule has 152 valence electrons. The Morgan fingerprint density at radius 2 is 2.24 bits per heavy atom. The minimum absolute atomic E-state index is 0.0215. The normalized spacial score (nSPS) is 16.1. The van der Waals surface area contributed by atoms with Gasteiger partial charge in [-0.2, -0.15) is 0 Å². The van der Waals surface area contributed by atoms with Crippen LogP contribution in [0, 0.1) is 5.92 Å². The monoisotopic (exact) mass is 448 g/mol. The first-order chi connectivity index (χ1) is 13.9. The highest BCUT2D eigenvalue weighted by atomic mass is 35.5. The zero-order valence-electron chi connectivity index (χ0n) is 16.5. The minimum atomic E-state index is -0.131. The molecule has 0 aliphatic heterocycles. The van der Waals surface area contributed by atoms with Gasteiger partial charge in [0.25, 0.3) is 5.56 Å². The van der Waals surface area contributed by atoms with Crippen LogP contribution < -0.4 is 10.3 Å². The molecule has 8 heteroatoms. The van der Waals surface area contributed by atoms with Crippen LogP contribution in [-0.4, -0.2) is 28.2 Å². The third kappa shape index (κ3) is 3.83. The van der Waals surface area contributed by atoms with Crippen molar-refractivity contribution in [3.8, 4) is 11.4 Å². The molecule has 0 spiro atoms. The van der Waals surface area contributed by atoms with Crippen molar-refractivity contribution in [1.29, 1.82) is 0 Å². The number of Topliss-reactive ketones (excluding diaryl/α,β-unsaturated/α-hetero) is 1. The van der Waals surface area contributed by atoms with E-state index in [9.17, 15) is 9.59 Å².